The predicted molar refractivity (Wildman–Crippen MR) is 68.1 cm³/mol. The van der Waals surface area contributed by atoms with Crippen LogP contribution in [0.3, 0.4) is 0 Å². The van der Waals surface area contributed by atoms with Crippen LogP contribution in [-0.4, -0.2) is 25.6 Å². The zero-order chi connectivity index (χ0) is 13.0. The molecule has 1 aliphatic rings. The summed E-state index contributed by atoms with van der Waals surface area (Å²) < 4.78 is 16.1. The van der Waals surface area contributed by atoms with E-state index in [1.165, 1.54) is 20.0 Å². The highest BCUT2D eigenvalue weighted by Gasteiger charge is 2.21. The molecule has 1 aliphatic carbocycles. The van der Waals surface area contributed by atoms with Gasteiger partial charge in [-0.25, -0.2) is 0 Å². The summed E-state index contributed by atoms with van der Waals surface area (Å²) in [4.78, 5) is 0. The lowest BCUT2D eigenvalue weighted by molar-refractivity contribution is 0.00755. The minimum Gasteiger partial charge on any atom is -0.493 e. The summed E-state index contributed by atoms with van der Waals surface area (Å²) in [6.07, 6.45) is 2.48. The Bertz CT molecular complexity index is 379. The summed E-state index contributed by atoms with van der Waals surface area (Å²) in [5.41, 5.74) is 0.592. The first-order chi connectivity index (χ1) is 8.74. The first kappa shape index (κ1) is 13.5. The molecule has 5 heteroatoms. The molecule has 4 nitrogen and oxygen atoms in total. The van der Waals surface area contributed by atoms with Gasteiger partial charge in [0.15, 0.2) is 18.3 Å². The van der Waals surface area contributed by atoms with Crippen LogP contribution in [0.5, 0.6) is 11.5 Å². The zero-order valence-corrected chi connectivity index (χ0v) is 11.1. The van der Waals surface area contributed by atoms with Gasteiger partial charge in [0.2, 0.25) is 0 Å². The average molecular weight is 273 g/mol. The van der Waals surface area contributed by atoms with Crippen molar-refractivity contribution in [3.63, 3.8) is 0 Å². The van der Waals surface area contributed by atoms with E-state index >= 15 is 0 Å². The van der Waals surface area contributed by atoms with E-state index in [1.54, 1.807) is 12.1 Å². The molecule has 18 heavy (non-hydrogen) atoms. The van der Waals surface area contributed by atoms with Crippen molar-refractivity contribution in [1.29, 1.82) is 0 Å². The molecular formula is C13H17ClO4. The van der Waals surface area contributed by atoms with Crippen LogP contribution in [0, 0.1) is 5.92 Å². The standard InChI is InChI=1S/C13H17ClO4/c1-16-12-5-11(14)4-10(6-15)13(12)18-8-17-7-9-2-3-9/h4-5,9,15H,2-3,6-8H2,1H3. The van der Waals surface area contributed by atoms with Gasteiger partial charge in [-0.15, -0.1) is 0 Å². The Hall–Kier alpha value is -0.970. The number of methoxy groups -OCH3 is 1. The lowest BCUT2D eigenvalue weighted by Gasteiger charge is -2.14. The monoisotopic (exact) mass is 272 g/mol. The van der Waals surface area contributed by atoms with E-state index in [4.69, 9.17) is 25.8 Å². The number of ether oxygens (including phenoxy) is 3. The first-order valence-electron chi connectivity index (χ1n) is 5.92. The number of rotatable bonds is 7. The molecule has 0 amide bonds. The largest absolute Gasteiger partial charge is 0.493 e. The number of hydrogen-bond acceptors (Lipinski definition) is 4. The average Bonchev–Trinajstić information content (AvgIpc) is 3.19. The molecule has 0 unspecified atom stereocenters. The third-order valence-electron chi connectivity index (χ3n) is 2.82. The Morgan fingerprint density at radius 1 is 1.39 bits per heavy atom. The second kappa shape index (κ2) is 6.27. The third-order valence-corrected chi connectivity index (χ3v) is 3.04. The summed E-state index contributed by atoms with van der Waals surface area (Å²) in [5, 5.41) is 9.78. The quantitative estimate of drug-likeness (QED) is 0.612. The van der Waals surface area contributed by atoms with Crippen molar-refractivity contribution >= 4 is 11.6 Å². The van der Waals surface area contributed by atoms with E-state index in [1.807, 2.05) is 0 Å². The van der Waals surface area contributed by atoms with Crippen molar-refractivity contribution in [1.82, 2.24) is 0 Å². The highest BCUT2D eigenvalue weighted by molar-refractivity contribution is 6.30. The molecule has 1 aromatic carbocycles. The molecular weight excluding hydrogens is 256 g/mol. The van der Waals surface area contributed by atoms with Crippen molar-refractivity contribution < 1.29 is 19.3 Å². The first-order valence-corrected chi connectivity index (χ1v) is 6.30. The van der Waals surface area contributed by atoms with Gasteiger partial charge in [-0.05, 0) is 24.8 Å². The van der Waals surface area contributed by atoms with Gasteiger partial charge in [0.1, 0.15) is 0 Å². The summed E-state index contributed by atoms with van der Waals surface area (Å²) in [7, 11) is 1.53. The predicted octanol–water partition coefficient (Wildman–Crippen LogP) is 2.60. The second-order valence-electron chi connectivity index (χ2n) is 4.33. The molecule has 0 bridgehead atoms. The maximum absolute atomic E-state index is 9.28. The van der Waals surface area contributed by atoms with Crippen LogP contribution in [0.15, 0.2) is 12.1 Å². The molecule has 0 aromatic heterocycles. The fourth-order valence-electron chi connectivity index (χ4n) is 1.66. The van der Waals surface area contributed by atoms with Crippen LogP contribution < -0.4 is 9.47 Å². The molecule has 1 aromatic rings. The molecule has 0 spiro atoms. The highest BCUT2D eigenvalue weighted by atomic mass is 35.5. The van der Waals surface area contributed by atoms with Gasteiger partial charge in [0.25, 0.3) is 0 Å². The topological polar surface area (TPSA) is 47.9 Å². The number of halogens is 1. The maximum atomic E-state index is 9.28. The number of aliphatic hydroxyl groups excluding tert-OH is 1. The Morgan fingerprint density at radius 2 is 2.17 bits per heavy atom. The van der Waals surface area contributed by atoms with Gasteiger partial charge >= 0.3 is 0 Å². The van der Waals surface area contributed by atoms with E-state index in [2.05, 4.69) is 0 Å². The molecule has 2 rings (SSSR count). The van der Waals surface area contributed by atoms with E-state index in [9.17, 15) is 5.11 Å². The van der Waals surface area contributed by atoms with Gasteiger partial charge in [0.05, 0.1) is 20.3 Å². The van der Waals surface area contributed by atoms with Crippen LogP contribution in [-0.2, 0) is 11.3 Å². The van der Waals surface area contributed by atoms with Crippen molar-refractivity contribution in [2.24, 2.45) is 5.92 Å². The molecule has 0 radical (unpaired) electrons. The van der Waals surface area contributed by atoms with Crippen molar-refractivity contribution in [3.05, 3.63) is 22.7 Å². The number of aliphatic hydroxyl groups is 1. The molecule has 1 saturated carbocycles. The van der Waals surface area contributed by atoms with Crippen LogP contribution in [0.2, 0.25) is 5.02 Å². The molecule has 0 saturated heterocycles. The van der Waals surface area contributed by atoms with E-state index in [0.29, 0.717) is 28.0 Å². The Labute approximate surface area is 111 Å². The summed E-state index contributed by atoms with van der Waals surface area (Å²) in [6, 6.07) is 3.30. The summed E-state index contributed by atoms with van der Waals surface area (Å²) >= 11 is 5.91. The lowest BCUT2D eigenvalue weighted by atomic mass is 10.2. The fraction of sp³-hybridized carbons (Fsp3) is 0.538. The van der Waals surface area contributed by atoms with Crippen LogP contribution in [0.4, 0.5) is 0 Å². The van der Waals surface area contributed by atoms with Gasteiger partial charge in [-0.2, -0.15) is 0 Å². The van der Waals surface area contributed by atoms with Crippen LogP contribution >= 0.6 is 11.6 Å². The minimum absolute atomic E-state index is 0.154. The van der Waals surface area contributed by atoms with E-state index < -0.39 is 0 Å². The van der Waals surface area contributed by atoms with Crippen molar-refractivity contribution in [2.45, 2.75) is 19.4 Å². The van der Waals surface area contributed by atoms with E-state index in [0.717, 1.165) is 6.61 Å². The molecule has 100 valence electrons. The van der Waals surface area contributed by atoms with Crippen molar-refractivity contribution in [2.75, 3.05) is 20.5 Å². The Morgan fingerprint density at radius 3 is 2.78 bits per heavy atom. The fourth-order valence-corrected chi connectivity index (χ4v) is 1.89. The number of hydrogen-bond donors (Lipinski definition) is 1. The van der Waals surface area contributed by atoms with Crippen molar-refractivity contribution in [3.8, 4) is 11.5 Å². The third kappa shape index (κ3) is 3.51. The molecule has 0 heterocycles. The van der Waals surface area contributed by atoms with Gasteiger partial charge in [-0.1, -0.05) is 11.6 Å². The second-order valence-corrected chi connectivity index (χ2v) is 4.77. The molecule has 0 aliphatic heterocycles. The smallest absolute Gasteiger partial charge is 0.189 e. The lowest BCUT2D eigenvalue weighted by Crippen LogP contribution is -2.07. The normalized spacial score (nSPS) is 14.6. The zero-order valence-electron chi connectivity index (χ0n) is 10.3. The SMILES string of the molecule is COc1cc(Cl)cc(CO)c1OCOCC1CC1. The molecule has 0 atom stereocenters. The molecule has 1 fully saturated rings. The van der Waals surface area contributed by atoms with Gasteiger partial charge in [0, 0.05) is 16.7 Å². The van der Waals surface area contributed by atoms with E-state index in [-0.39, 0.29) is 13.4 Å². The Kier molecular flexibility index (Phi) is 4.69. The summed E-state index contributed by atoms with van der Waals surface area (Å²) in [6.45, 7) is 0.723. The molecule has 1 N–H and O–H groups in total. The van der Waals surface area contributed by atoms with Gasteiger partial charge in [-0.3, -0.25) is 0 Å². The van der Waals surface area contributed by atoms with Crippen LogP contribution in [0.25, 0.3) is 0 Å². The minimum atomic E-state index is -0.158. The summed E-state index contributed by atoms with van der Waals surface area (Å²) in [5.74, 6) is 1.68. The van der Waals surface area contributed by atoms with Gasteiger partial charge < -0.3 is 19.3 Å². The Balaban J connectivity index is 1.98. The highest BCUT2D eigenvalue weighted by Crippen LogP contribution is 2.35. The number of benzene rings is 1. The van der Waals surface area contributed by atoms with Crippen LogP contribution in [0.1, 0.15) is 18.4 Å². The maximum Gasteiger partial charge on any atom is 0.189 e.